The topological polar surface area (TPSA) is 91.3 Å². The largest absolute Gasteiger partial charge is 0.573 e. The number of fused-ring (bicyclic) bond motifs is 2. The summed E-state index contributed by atoms with van der Waals surface area (Å²) in [5.41, 5.74) is 2.74. The Labute approximate surface area is 186 Å². The SMILES string of the molecule is CCOC(=O)c1ccc2c(c1)nc(Cc1nc3ccc(OC(F)(F)F)cc3[nH]1)n2CCOC. The molecule has 1 N–H and O–H groups in total. The molecule has 0 radical (unpaired) electrons. The van der Waals surface area contributed by atoms with Crippen LogP contribution in [-0.2, 0) is 22.4 Å². The lowest BCUT2D eigenvalue weighted by atomic mass is 10.2. The number of carbonyl (C=O) groups is 1. The van der Waals surface area contributed by atoms with E-state index >= 15 is 0 Å². The smallest absolute Gasteiger partial charge is 0.462 e. The van der Waals surface area contributed by atoms with Crippen LogP contribution in [0.4, 0.5) is 13.2 Å². The highest BCUT2D eigenvalue weighted by Gasteiger charge is 2.31. The van der Waals surface area contributed by atoms with Crippen molar-refractivity contribution in [1.29, 1.82) is 0 Å². The Balaban J connectivity index is 1.67. The Morgan fingerprint density at radius 1 is 1.12 bits per heavy atom. The Morgan fingerprint density at radius 2 is 1.94 bits per heavy atom. The number of H-pyrrole nitrogens is 1. The Kier molecular flexibility index (Phi) is 6.23. The number of rotatable bonds is 8. The molecule has 0 saturated heterocycles. The first-order valence-corrected chi connectivity index (χ1v) is 10.2. The second-order valence-electron chi connectivity index (χ2n) is 7.18. The first-order chi connectivity index (χ1) is 15.8. The van der Waals surface area contributed by atoms with E-state index in [4.69, 9.17) is 9.47 Å². The van der Waals surface area contributed by atoms with E-state index in [1.54, 1.807) is 32.2 Å². The molecule has 11 heteroatoms. The lowest BCUT2D eigenvalue weighted by Gasteiger charge is -2.08. The number of nitrogens with one attached hydrogen (secondary N) is 1. The number of nitrogens with zero attached hydrogens (tertiary/aromatic N) is 3. The standard InChI is InChI=1S/C22H21F3N4O4/c1-3-32-21(30)13-4-7-18-17(10-13)28-20(29(18)8-9-31-2)12-19-26-15-6-5-14(11-16(15)27-19)33-22(23,24)25/h4-7,10-11H,3,8-9,12H2,1-2H3,(H,26,27). The van der Waals surface area contributed by atoms with Crippen molar-refractivity contribution >= 4 is 28.0 Å². The second kappa shape index (κ2) is 9.10. The van der Waals surface area contributed by atoms with Crippen molar-refractivity contribution in [2.45, 2.75) is 26.3 Å². The highest BCUT2D eigenvalue weighted by molar-refractivity contribution is 5.93. The number of benzene rings is 2. The molecule has 0 fully saturated rings. The second-order valence-corrected chi connectivity index (χ2v) is 7.18. The lowest BCUT2D eigenvalue weighted by molar-refractivity contribution is -0.274. The summed E-state index contributed by atoms with van der Waals surface area (Å²) in [6.45, 7) is 2.97. The van der Waals surface area contributed by atoms with Gasteiger partial charge >= 0.3 is 12.3 Å². The zero-order valence-corrected chi connectivity index (χ0v) is 17.9. The van der Waals surface area contributed by atoms with Gasteiger partial charge < -0.3 is 23.8 Å². The van der Waals surface area contributed by atoms with Gasteiger partial charge in [-0.1, -0.05) is 0 Å². The molecule has 4 aromatic rings. The number of aromatic nitrogens is 4. The van der Waals surface area contributed by atoms with Crippen LogP contribution in [0.3, 0.4) is 0 Å². The molecular formula is C22H21F3N4O4. The van der Waals surface area contributed by atoms with Crippen molar-refractivity contribution in [2.75, 3.05) is 20.3 Å². The van der Waals surface area contributed by atoms with Gasteiger partial charge in [0, 0.05) is 19.7 Å². The molecule has 0 amide bonds. The fourth-order valence-electron chi connectivity index (χ4n) is 3.56. The van der Waals surface area contributed by atoms with Crippen LogP contribution in [0.5, 0.6) is 5.75 Å². The van der Waals surface area contributed by atoms with Crippen LogP contribution < -0.4 is 4.74 Å². The van der Waals surface area contributed by atoms with Crippen LogP contribution in [0.1, 0.15) is 28.9 Å². The van der Waals surface area contributed by atoms with Crippen LogP contribution in [0.25, 0.3) is 22.1 Å². The number of imidazole rings is 2. The number of esters is 1. The van der Waals surface area contributed by atoms with Crippen molar-refractivity contribution in [3.8, 4) is 5.75 Å². The predicted octanol–water partition coefficient (Wildman–Crippen LogP) is 4.23. The quantitative estimate of drug-likeness (QED) is 0.394. The van der Waals surface area contributed by atoms with E-state index in [-0.39, 0.29) is 18.8 Å². The van der Waals surface area contributed by atoms with E-state index in [0.717, 1.165) is 5.52 Å². The maximum atomic E-state index is 12.5. The highest BCUT2D eigenvalue weighted by atomic mass is 19.4. The molecule has 174 valence electrons. The van der Waals surface area contributed by atoms with Crippen LogP contribution >= 0.6 is 0 Å². The minimum Gasteiger partial charge on any atom is -0.462 e. The van der Waals surface area contributed by atoms with Crippen LogP contribution in [0, 0.1) is 0 Å². The van der Waals surface area contributed by atoms with Gasteiger partial charge in [0.2, 0.25) is 0 Å². The third kappa shape index (κ3) is 5.08. The number of aromatic amines is 1. The van der Waals surface area contributed by atoms with Gasteiger partial charge in [-0.25, -0.2) is 14.8 Å². The number of hydrogen-bond acceptors (Lipinski definition) is 6. The molecule has 0 spiro atoms. The first kappa shape index (κ1) is 22.6. The molecule has 0 aliphatic carbocycles. The number of hydrogen-bond donors (Lipinski definition) is 1. The summed E-state index contributed by atoms with van der Waals surface area (Å²) in [7, 11) is 1.59. The molecule has 2 heterocycles. The molecule has 0 bridgehead atoms. The summed E-state index contributed by atoms with van der Waals surface area (Å²) in [6, 6.07) is 9.06. The van der Waals surface area contributed by atoms with Crippen LogP contribution in [-0.4, -0.2) is 52.2 Å². The van der Waals surface area contributed by atoms with Crippen molar-refractivity contribution in [1.82, 2.24) is 19.5 Å². The van der Waals surface area contributed by atoms with E-state index in [1.807, 2.05) is 4.57 Å². The van der Waals surface area contributed by atoms with Gasteiger partial charge in [-0.15, -0.1) is 13.2 Å². The third-order valence-corrected chi connectivity index (χ3v) is 4.92. The predicted molar refractivity (Wildman–Crippen MR) is 113 cm³/mol. The molecule has 0 saturated carbocycles. The summed E-state index contributed by atoms with van der Waals surface area (Å²) in [5, 5.41) is 0. The monoisotopic (exact) mass is 462 g/mol. The van der Waals surface area contributed by atoms with Gasteiger partial charge in [-0.3, -0.25) is 0 Å². The van der Waals surface area contributed by atoms with E-state index in [2.05, 4.69) is 19.7 Å². The minimum absolute atomic E-state index is 0.270. The first-order valence-electron chi connectivity index (χ1n) is 10.2. The Morgan fingerprint density at radius 3 is 2.67 bits per heavy atom. The van der Waals surface area contributed by atoms with Gasteiger partial charge in [0.15, 0.2) is 0 Å². The van der Waals surface area contributed by atoms with Crippen LogP contribution in [0.15, 0.2) is 36.4 Å². The third-order valence-electron chi connectivity index (χ3n) is 4.92. The summed E-state index contributed by atoms with van der Waals surface area (Å²) in [4.78, 5) is 24.2. The molecule has 0 aliphatic rings. The lowest BCUT2D eigenvalue weighted by Crippen LogP contribution is -2.16. The van der Waals surface area contributed by atoms with Gasteiger partial charge in [-0.2, -0.15) is 0 Å². The number of carbonyl (C=O) groups excluding carboxylic acids is 1. The highest BCUT2D eigenvalue weighted by Crippen LogP contribution is 2.26. The van der Waals surface area contributed by atoms with E-state index in [9.17, 15) is 18.0 Å². The van der Waals surface area contributed by atoms with Crippen molar-refractivity contribution in [3.63, 3.8) is 0 Å². The molecule has 2 aromatic heterocycles. The number of halogens is 3. The fourth-order valence-corrected chi connectivity index (χ4v) is 3.56. The minimum atomic E-state index is -4.77. The molecule has 0 atom stereocenters. The molecule has 8 nitrogen and oxygen atoms in total. The van der Waals surface area contributed by atoms with Crippen molar-refractivity contribution in [2.24, 2.45) is 0 Å². The van der Waals surface area contributed by atoms with Gasteiger partial charge in [-0.05, 0) is 37.3 Å². The normalized spacial score (nSPS) is 11.9. The number of ether oxygens (including phenoxy) is 3. The maximum absolute atomic E-state index is 12.5. The summed E-state index contributed by atoms with van der Waals surface area (Å²) in [6.07, 6.45) is -4.48. The Hall–Kier alpha value is -3.60. The summed E-state index contributed by atoms with van der Waals surface area (Å²) in [5.74, 6) is 0.424. The van der Waals surface area contributed by atoms with Crippen LogP contribution in [0.2, 0.25) is 0 Å². The zero-order chi connectivity index (χ0) is 23.6. The Bertz CT molecular complexity index is 1300. The van der Waals surface area contributed by atoms with Gasteiger partial charge in [0.1, 0.15) is 17.4 Å². The molecule has 2 aromatic carbocycles. The summed E-state index contributed by atoms with van der Waals surface area (Å²) < 4.78 is 53.7. The summed E-state index contributed by atoms with van der Waals surface area (Å²) >= 11 is 0. The number of alkyl halides is 3. The van der Waals surface area contributed by atoms with E-state index in [0.29, 0.717) is 46.9 Å². The molecule has 0 aliphatic heterocycles. The van der Waals surface area contributed by atoms with E-state index < -0.39 is 12.3 Å². The molecule has 0 unspecified atom stereocenters. The van der Waals surface area contributed by atoms with Gasteiger partial charge in [0.25, 0.3) is 0 Å². The van der Waals surface area contributed by atoms with E-state index in [1.165, 1.54) is 18.2 Å². The zero-order valence-electron chi connectivity index (χ0n) is 17.9. The number of methoxy groups -OCH3 is 1. The molecule has 4 rings (SSSR count). The maximum Gasteiger partial charge on any atom is 0.573 e. The molecular weight excluding hydrogens is 441 g/mol. The average Bonchev–Trinajstić information content (AvgIpc) is 3.30. The average molecular weight is 462 g/mol. The van der Waals surface area contributed by atoms with Gasteiger partial charge in [0.05, 0.1) is 47.3 Å². The van der Waals surface area contributed by atoms with Crippen molar-refractivity contribution in [3.05, 3.63) is 53.6 Å². The van der Waals surface area contributed by atoms with Crippen molar-refractivity contribution < 1.29 is 32.2 Å². The molecule has 33 heavy (non-hydrogen) atoms. The fraction of sp³-hybridized carbons (Fsp3) is 0.318.